The molecule has 0 saturated heterocycles. The number of carboxylic acids is 1. The van der Waals surface area contributed by atoms with Crippen molar-refractivity contribution in [1.82, 2.24) is 5.32 Å². The third-order valence-electron chi connectivity index (χ3n) is 3.00. The van der Waals surface area contributed by atoms with Gasteiger partial charge < -0.3 is 19.9 Å². The van der Waals surface area contributed by atoms with Gasteiger partial charge in [0.1, 0.15) is 0 Å². The van der Waals surface area contributed by atoms with Gasteiger partial charge in [-0.3, -0.25) is 4.79 Å². The molecule has 24 heavy (non-hydrogen) atoms. The standard InChI is InChI=1S/C15H21NO7S/c1-3-22-13-9-11(5-6-12(13)23-10-14(17)18)15(19)16-7-8-24(20,21)4-2/h5-6,9H,3-4,7-8,10H2,1-2H3,(H,16,19)(H,17,18). The van der Waals surface area contributed by atoms with Crippen molar-refractivity contribution >= 4 is 21.7 Å². The van der Waals surface area contributed by atoms with E-state index in [0.29, 0.717) is 6.61 Å². The number of amides is 1. The Labute approximate surface area is 140 Å². The average Bonchev–Trinajstić information content (AvgIpc) is 2.53. The van der Waals surface area contributed by atoms with Gasteiger partial charge in [0.25, 0.3) is 5.91 Å². The molecule has 0 aliphatic heterocycles. The van der Waals surface area contributed by atoms with E-state index in [1.165, 1.54) is 18.2 Å². The maximum atomic E-state index is 12.1. The Balaban J connectivity index is 2.78. The first-order valence-corrected chi connectivity index (χ1v) is 9.21. The molecule has 0 fully saturated rings. The van der Waals surface area contributed by atoms with Crippen molar-refractivity contribution in [3.63, 3.8) is 0 Å². The molecule has 8 nitrogen and oxygen atoms in total. The van der Waals surface area contributed by atoms with Crippen LogP contribution >= 0.6 is 0 Å². The number of carbonyl (C=O) groups is 2. The van der Waals surface area contributed by atoms with Gasteiger partial charge in [0.2, 0.25) is 0 Å². The first-order valence-electron chi connectivity index (χ1n) is 7.39. The highest BCUT2D eigenvalue weighted by Gasteiger charge is 2.14. The number of benzene rings is 1. The van der Waals surface area contributed by atoms with E-state index in [9.17, 15) is 18.0 Å². The lowest BCUT2D eigenvalue weighted by Crippen LogP contribution is -2.29. The van der Waals surface area contributed by atoms with E-state index in [1.807, 2.05) is 0 Å². The zero-order chi connectivity index (χ0) is 18.2. The summed E-state index contributed by atoms with van der Waals surface area (Å²) in [7, 11) is -3.15. The predicted molar refractivity (Wildman–Crippen MR) is 87.4 cm³/mol. The molecule has 0 radical (unpaired) electrons. The normalized spacial score (nSPS) is 10.9. The summed E-state index contributed by atoms with van der Waals surface area (Å²) in [5, 5.41) is 11.2. The number of carboxylic acid groups (broad SMARTS) is 1. The van der Waals surface area contributed by atoms with Gasteiger partial charge in [-0.15, -0.1) is 0 Å². The molecule has 0 heterocycles. The smallest absolute Gasteiger partial charge is 0.341 e. The summed E-state index contributed by atoms with van der Waals surface area (Å²) in [5.74, 6) is -1.24. The van der Waals surface area contributed by atoms with Crippen LogP contribution in [0.4, 0.5) is 0 Å². The molecule has 1 aromatic rings. The van der Waals surface area contributed by atoms with E-state index in [1.54, 1.807) is 13.8 Å². The van der Waals surface area contributed by atoms with E-state index in [2.05, 4.69) is 5.32 Å². The first kappa shape index (κ1) is 19.8. The van der Waals surface area contributed by atoms with Gasteiger partial charge in [-0.2, -0.15) is 0 Å². The second kappa shape index (κ2) is 9.11. The zero-order valence-corrected chi connectivity index (χ0v) is 14.4. The summed E-state index contributed by atoms with van der Waals surface area (Å²) >= 11 is 0. The Morgan fingerprint density at radius 2 is 1.88 bits per heavy atom. The van der Waals surface area contributed by atoms with Crippen LogP contribution in [0, 0.1) is 0 Å². The summed E-state index contributed by atoms with van der Waals surface area (Å²) in [5.41, 5.74) is 0.259. The number of sulfone groups is 1. The highest BCUT2D eigenvalue weighted by molar-refractivity contribution is 7.91. The van der Waals surface area contributed by atoms with Crippen molar-refractivity contribution in [3.05, 3.63) is 23.8 Å². The van der Waals surface area contributed by atoms with Gasteiger partial charge in [-0.1, -0.05) is 6.92 Å². The summed E-state index contributed by atoms with van der Waals surface area (Å²) in [6.07, 6.45) is 0. The van der Waals surface area contributed by atoms with Crippen LogP contribution in [0.3, 0.4) is 0 Å². The second-order valence-corrected chi connectivity index (χ2v) is 7.24. The van der Waals surface area contributed by atoms with E-state index in [4.69, 9.17) is 14.6 Å². The molecule has 0 saturated carbocycles. The lowest BCUT2D eigenvalue weighted by molar-refractivity contribution is -0.139. The molecule has 9 heteroatoms. The molecular weight excluding hydrogens is 338 g/mol. The van der Waals surface area contributed by atoms with E-state index < -0.39 is 28.3 Å². The molecule has 1 aromatic carbocycles. The fourth-order valence-corrected chi connectivity index (χ4v) is 2.44. The summed E-state index contributed by atoms with van der Waals surface area (Å²) in [6.45, 7) is 3.07. The highest BCUT2D eigenvalue weighted by Crippen LogP contribution is 2.28. The molecule has 1 amide bonds. The monoisotopic (exact) mass is 359 g/mol. The van der Waals surface area contributed by atoms with E-state index in [-0.39, 0.29) is 35.1 Å². The number of ether oxygens (including phenoxy) is 2. The predicted octanol–water partition coefficient (Wildman–Crippen LogP) is 0.713. The molecular formula is C15H21NO7S. The number of rotatable bonds is 10. The average molecular weight is 359 g/mol. The number of aliphatic carboxylic acids is 1. The van der Waals surface area contributed by atoms with Crippen LogP contribution in [-0.4, -0.2) is 56.7 Å². The zero-order valence-electron chi connectivity index (χ0n) is 13.6. The Kier molecular flexibility index (Phi) is 7.50. The quantitative estimate of drug-likeness (QED) is 0.631. The van der Waals surface area contributed by atoms with Gasteiger partial charge in [0, 0.05) is 17.9 Å². The van der Waals surface area contributed by atoms with Gasteiger partial charge in [-0.25, -0.2) is 13.2 Å². The van der Waals surface area contributed by atoms with Crippen molar-refractivity contribution in [2.75, 3.05) is 31.3 Å². The molecule has 134 valence electrons. The Morgan fingerprint density at radius 1 is 1.17 bits per heavy atom. The number of nitrogens with one attached hydrogen (secondary N) is 1. The summed E-state index contributed by atoms with van der Waals surface area (Å²) in [4.78, 5) is 22.6. The largest absolute Gasteiger partial charge is 0.490 e. The fourth-order valence-electron chi connectivity index (χ4n) is 1.74. The first-order chi connectivity index (χ1) is 11.3. The minimum absolute atomic E-state index is 0.0102. The molecule has 0 unspecified atom stereocenters. The van der Waals surface area contributed by atoms with Crippen molar-refractivity contribution in [2.45, 2.75) is 13.8 Å². The SMILES string of the molecule is CCOc1cc(C(=O)NCCS(=O)(=O)CC)ccc1OCC(=O)O. The lowest BCUT2D eigenvalue weighted by atomic mass is 10.2. The van der Waals surface area contributed by atoms with Crippen LogP contribution in [0.25, 0.3) is 0 Å². The highest BCUT2D eigenvalue weighted by atomic mass is 32.2. The van der Waals surface area contributed by atoms with Crippen molar-refractivity contribution < 1.29 is 32.6 Å². The van der Waals surface area contributed by atoms with Crippen LogP contribution in [0.2, 0.25) is 0 Å². The molecule has 0 aliphatic rings. The molecule has 0 aromatic heterocycles. The number of hydrogen-bond donors (Lipinski definition) is 2. The van der Waals surface area contributed by atoms with Crippen LogP contribution in [0.15, 0.2) is 18.2 Å². The number of hydrogen-bond acceptors (Lipinski definition) is 6. The van der Waals surface area contributed by atoms with Crippen molar-refractivity contribution in [3.8, 4) is 11.5 Å². The summed E-state index contributed by atoms with van der Waals surface area (Å²) < 4.78 is 33.2. The van der Waals surface area contributed by atoms with Gasteiger partial charge in [0.15, 0.2) is 27.9 Å². The molecule has 0 bridgehead atoms. The summed E-state index contributed by atoms with van der Waals surface area (Å²) in [6, 6.07) is 4.30. The maximum absolute atomic E-state index is 12.1. The molecule has 1 rings (SSSR count). The molecule has 2 N–H and O–H groups in total. The minimum atomic E-state index is -3.15. The van der Waals surface area contributed by atoms with Gasteiger partial charge in [0.05, 0.1) is 12.4 Å². The van der Waals surface area contributed by atoms with Crippen LogP contribution in [0.5, 0.6) is 11.5 Å². The molecule has 0 atom stereocenters. The minimum Gasteiger partial charge on any atom is -0.490 e. The molecule has 0 spiro atoms. The van der Waals surface area contributed by atoms with Gasteiger partial charge >= 0.3 is 5.97 Å². The Bertz CT molecular complexity index is 685. The Morgan fingerprint density at radius 3 is 2.46 bits per heavy atom. The van der Waals surface area contributed by atoms with E-state index in [0.717, 1.165) is 0 Å². The maximum Gasteiger partial charge on any atom is 0.341 e. The van der Waals surface area contributed by atoms with Crippen molar-refractivity contribution in [1.29, 1.82) is 0 Å². The number of carbonyl (C=O) groups excluding carboxylic acids is 1. The van der Waals surface area contributed by atoms with Gasteiger partial charge in [-0.05, 0) is 25.1 Å². The Hall–Kier alpha value is -2.29. The van der Waals surface area contributed by atoms with Crippen molar-refractivity contribution in [2.24, 2.45) is 0 Å². The lowest BCUT2D eigenvalue weighted by Gasteiger charge is -2.12. The molecule has 0 aliphatic carbocycles. The third-order valence-corrected chi connectivity index (χ3v) is 4.70. The van der Waals surface area contributed by atoms with Crippen LogP contribution in [0.1, 0.15) is 24.2 Å². The fraction of sp³-hybridized carbons (Fsp3) is 0.467. The third kappa shape index (κ3) is 6.45. The topological polar surface area (TPSA) is 119 Å². The van der Waals surface area contributed by atoms with E-state index >= 15 is 0 Å². The van der Waals surface area contributed by atoms with Crippen LogP contribution < -0.4 is 14.8 Å². The second-order valence-electron chi connectivity index (χ2n) is 4.77. The van der Waals surface area contributed by atoms with Crippen LogP contribution in [-0.2, 0) is 14.6 Å².